The van der Waals surface area contributed by atoms with E-state index in [2.05, 4.69) is 46.7 Å². The first-order chi connectivity index (χ1) is 13.3. The molecule has 1 N–H and O–H groups in total. The van der Waals surface area contributed by atoms with Gasteiger partial charge in [-0.1, -0.05) is 30.3 Å². The average Bonchev–Trinajstić information content (AvgIpc) is 3.19. The fraction of sp³-hybridized carbons (Fsp3) is 0.273. The van der Waals surface area contributed by atoms with Gasteiger partial charge in [-0.2, -0.15) is 0 Å². The van der Waals surface area contributed by atoms with Gasteiger partial charge in [0.15, 0.2) is 0 Å². The lowest BCUT2D eigenvalue weighted by Gasteiger charge is -2.36. The Labute approximate surface area is 175 Å². The Morgan fingerprint density at radius 1 is 1.14 bits per heavy atom. The van der Waals surface area contributed by atoms with Crippen molar-refractivity contribution in [1.29, 1.82) is 0 Å². The molecule has 1 atom stereocenters. The average molecular weight is 412 g/mol. The van der Waals surface area contributed by atoms with E-state index in [9.17, 15) is 4.79 Å². The van der Waals surface area contributed by atoms with Gasteiger partial charge < -0.3 is 10.2 Å². The number of hydrogen-bond acceptors (Lipinski definition) is 4. The number of nitrogens with zero attached hydrogens (tertiary/aromatic N) is 2. The van der Waals surface area contributed by atoms with Gasteiger partial charge in [0.1, 0.15) is 0 Å². The Bertz CT molecular complexity index is 988. The first-order valence-electron chi connectivity index (χ1n) is 9.44. The molecule has 1 aromatic carbocycles. The fourth-order valence-corrected chi connectivity index (χ4v) is 5.36. The Morgan fingerprint density at radius 3 is 2.86 bits per heavy atom. The Balaban J connectivity index is 0.00000192. The summed E-state index contributed by atoms with van der Waals surface area (Å²) in [5, 5.41) is 3.41. The van der Waals surface area contributed by atoms with Gasteiger partial charge in [0.05, 0.1) is 10.9 Å². The van der Waals surface area contributed by atoms with Crippen LogP contribution in [0.4, 0.5) is 0 Å². The van der Waals surface area contributed by atoms with Crippen LogP contribution in [0.3, 0.4) is 0 Å². The van der Waals surface area contributed by atoms with E-state index in [1.807, 2.05) is 17.2 Å². The van der Waals surface area contributed by atoms with Gasteiger partial charge in [-0.3, -0.25) is 9.78 Å². The highest BCUT2D eigenvalue weighted by molar-refractivity contribution is 7.17. The number of halogens is 1. The van der Waals surface area contributed by atoms with Crippen molar-refractivity contribution in [2.75, 3.05) is 19.6 Å². The van der Waals surface area contributed by atoms with Crippen LogP contribution in [-0.4, -0.2) is 35.4 Å². The summed E-state index contributed by atoms with van der Waals surface area (Å²) in [5.41, 5.74) is 5.09. The number of carbonyl (C=O) groups excluding carboxylic acids is 1. The van der Waals surface area contributed by atoms with Crippen LogP contribution in [0.2, 0.25) is 0 Å². The topological polar surface area (TPSA) is 45.2 Å². The van der Waals surface area contributed by atoms with Crippen LogP contribution in [0.1, 0.15) is 32.4 Å². The quantitative estimate of drug-likeness (QED) is 0.690. The highest BCUT2D eigenvalue weighted by Crippen LogP contribution is 2.40. The zero-order chi connectivity index (χ0) is 18.2. The number of aryl methyl sites for hydroxylation is 2. The number of nitrogens with one attached hydrogen (secondary N) is 1. The molecule has 0 spiro atoms. The van der Waals surface area contributed by atoms with Crippen molar-refractivity contribution in [2.45, 2.75) is 18.9 Å². The van der Waals surface area contributed by atoms with E-state index < -0.39 is 0 Å². The molecule has 2 aliphatic rings. The molecule has 28 heavy (non-hydrogen) atoms. The summed E-state index contributed by atoms with van der Waals surface area (Å²) in [6.07, 6.45) is 5.72. The molecular formula is C22H22ClN3OS. The monoisotopic (exact) mass is 411 g/mol. The first kappa shape index (κ1) is 19.1. The third-order valence-corrected chi connectivity index (χ3v) is 6.72. The largest absolute Gasteiger partial charge is 0.328 e. The Hall–Kier alpha value is -2.21. The van der Waals surface area contributed by atoms with E-state index in [0.717, 1.165) is 42.9 Å². The minimum absolute atomic E-state index is 0. The summed E-state index contributed by atoms with van der Waals surface area (Å²) in [6, 6.07) is 14.7. The van der Waals surface area contributed by atoms with Gasteiger partial charge >= 0.3 is 0 Å². The number of pyridine rings is 1. The Kier molecular flexibility index (Phi) is 5.49. The number of thiophene rings is 1. The fourth-order valence-electron chi connectivity index (χ4n) is 4.14. The standard InChI is InChI=1S/C22H21N3OS.ClH/c26-22(25-11-10-24-14-19(25)17-5-3-9-23-13-17)20-12-16-8-7-15-4-1-2-6-18(15)21(16)27-20;/h1-6,9,12-13,19,24H,7-8,10-11,14H2;1H. The smallest absolute Gasteiger partial charge is 0.264 e. The minimum atomic E-state index is 0. The van der Waals surface area contributed by atoms with E-state index in [0.29, 0.717) is 0 Å². The van der Waals surface area contributed by atoms with Crippen LogP contribution in [0.25, 0.3) is 10.4 Å². The van der Waals surface area contributed by atoms with E-state index in [1.165, 1.54) is 21.6 Å². The highest BCUT2D eigenvalue weighted by Gasteiger charge is 2.31. The normalized spacial score (nSPS) is 18.0. The number of aromatic nitrogens is 1. The van der Waals surface area contributed by atoms with Gasteiger partial charge in [0.2, 0.25) is 0 Å². The molecule has 3 heterocycles. The molecule has 3 aromatic rings. The van der Waals surface area contributed by atoms with Gasteiger partial charge in [-0.25, -0.2) is 0 Å². The summed E-state index contributed by atoms with van der Waals surface area (Å²) < 4.78 is 0. The van der Waals surface area contributed by atoms with Crippen molar-refractivity contribution in [3.8, 4) is 10.4 Å². The third-order valence-electron chi connectivity index (χ3n) is 5.52. The Morgan fingerprint density at radius 2 is 2.00 bits per heavy atom. The maximum atomic E-state index is 13.4. The number of hydrogen-bond donors (Lipinski definition) is 1. The lowest BCUT2D eigenvalue weighted by Crippen LogP contribution is -2.48. The molecule has 1 saturated heterocycles. The van der Waals surface area contributed by atoms with Crippen molar-refractivity contribution in [3.63, 3.8) is 0 Å². The van der Waals surface area contributed by atoms with Crippen LogP contribution < -0.4 is 5.32 Å². The molecule has 5 rings (SSSR count). The highest BCUT2D eigenvalue weighted by atomic mass is 35.5. The molecule has 4 nitrogen and oxygen atoms in total. The second-order valence-corrected chi connectivity index (χ2v) is 8.18. The number of amides is 1. The molecule has 6 heteroatoms. The predicted molar refractivity (Wildman–Crippen MR) is 115 cm³/mol. The molecule has 1 unspecified atom stereocenters. The molecule has 1 amide bonds. The summed E-state index contributed by atoms with van der Waals surface area (Å²) >= 11 is 1.65. The van der Waals surface area contributed by atoms with Gasteiger partial charge in [0, 0.05) is 36.9 Å². The molecule has 1 aliphatic carbocycles. The second kappa shape index (κ2) is 8.03. The van der Waals surface area contributed by atoms with Gasteiger partial charge in [0.25, 0.3) is 5.91 Å². The maximum Gasteiger partial charge on any atom is 0.264 e. The predicted octanol–water partition coefficient (Wildman–Crippen LogP) is 4.12. The number of benzene rings is 1. The second-order valence-electron chi connectivity index (χ2n) is 7.13. The van der Waals surface area contributed by atoms with Gasteiger partial charge in [-0.15, -0.1) is 23.7 Å². The lowest BCUT2D eigenvalue weighted by atomic mass is 9.91. The van der Waals surface area contributed by atoms with Crippen LogP contribution in [0.15, 0.2) is 54.9 Å². The van der Waals surface area contributed by atoms with Crippen molar-refractivity contribution in [2.24, 2.45) is 0 Å². The molecular weight excluding hydrogens is 390 g/mol. The molecule has 0 radical (unpaired) electrons. The number of carbonyl (C=O) groups is 1. The molecule has 0 bridgehead atoms. The molecule has 1 fully saturated rings. The van der Waals surface area contributed by atoms with Crippen LogP contribution in [0, 0.1) is 0 Å². The minimum Gasteiger partial charge on any atom is -0.328 e. The number of rotatable bonds is 2. The van der Waals surface area contributed by atoms with Crippen LogP contribution in [0.5, 0.6) is 0 Å². The van der Waals surface area contributed by atoms with E-state index in [1.54, 1.807) is 17.5 Å². The summed E-state index contributed by atoms with van der Waals surface area (Å²) in [7, 11) is 0. The van der Waals surface area contributed by atoms with E-state index in [4.69, 9.17) is 0 Å². The van der Waals surface area contributed by atoms with Crippen molar-refractivity contribution in [1.82, 2.24) is 15.2 Å². The number of piperazine rings is 1. The number of fused-ring (bicyclic) bond motifs is 3. The van der Waals surface area contributed by atoms with E-state index in [-0.39, 0.29) is 24.4 Å². The molecule has 0 saturated carbocycles. The van der Waals surface area contributed by atoms with Crippen LogP contribution >= 0.6 is 23.7 Å². The SMILES string of the molecule is Cl.O=C(c1cc2c(s1)-c1ccccc1CC2)N1CCNCC1c1cccnc1. The summed E-state index contributed by atoms with van der Waals surface area (Å²) in [5.74, 6) is 0.141. The van der Waals surface area contributed by atoms with Gasteiger partial charge in [-0.05, 0) is 47.2 Å². The van der Waals surface area contributed by atoms with Crippen molar-refractivity contribution < 1.29 is 4.79 Å². The summed E-state index contributed by atoms with van der Waals surface area (Å²) in [4.78, 5) is 21.8. The van der Waals surface area contributed by atoms with Crippen molar-refractivity contribution in [3.05, 3.63) is 76.4 Å². The van der Waals surface area contributed by atoms with Crippen molar-refractivity contribution >= 4 is 29.7 Å². The summed E-state index contributed by atoms with van der Waals surface area (Å²) in [6.45, 7) is 2.32. The third kappa shape index (κ3) is 3.34. The molecule has 1 aliphatic heterocycles. The zero-order valence-electron chi connectivity index (χ0n) is 15.4. The molecule has 2 aromatic heterocycles. The van der Waals surface area contributed by atoms with Crippen LogP contribution in [-0.2, 0) is 12.8 Å². The molecule has 144 valence electrons. The van der Waals surface area contributed by atoms with E-state index >= 15 is 0 Å². The lowest BCUT2D eigenvalue weighted by molar-refractivity contribution is 0.0639. The zero-order valence-corrected chi connectivity index (χ0v) is 17.1. The first-order valence-corrected chi connectivity index (χ1v) is 10.3. The maximum absolute atomic E-state index is 13.4.